The van der Waals surface area contributed by atoms with Gasteiger partial charge in [0.15, 0.2) is 0 Å². The van der Waals surface area contributed by atoms with E-state index in [1.54, 1.807) is 11.0 Å². The van der Waals surface area contributed by atoms with E-state index in [1.807, 2.05) is 31.2 Å². The molecule has 0 fully saturated rings. The van der Waals surface area contributed by atoms with Crippen LogP contribution in [0.4, 0.5) is 0 Å². The first kappa shape index (κ1) is 8.19. The SMILES string of the molecule is Cc1cccc(-n2[nH]cnc2=S)c1. The van der Waals surface area contributed by atoms with Crippen LogP contribution in [-0.4, -0.2) is 14.8 Å². The van der Waals surface area contributed by atoms with Crippen molar-refractivity contribution in [1.82, 2.24) is 14.8 Å². The minimum atomic E-state index is 0.547. The molecule has 0 amide bonds. The highest BCUT2D eigenvalue weighted by atomic mass is 32.1. The van der Waals surface area contributed by atoms with Gasteiger partial charge >= 0.3 is 0 Å². The zero-order chi connectivity index (χ0) is 9.26. The minimum Gasteiger partial charge on any atom is -0.281 e. The molecule has 3 nitrogen and oxygen atoms in total. The molecule has 0 aliphatic rings. The molecule has 1 aromatic carbocycles. The predicted octanol–water partition coefficient (Wildman–Crippen LogP) is 2.24. The molecule has 0 bridgehead atoms. The van der Waals surface area contributed by atoms with Gasteiger partial charge < -0.3 is 0 Å². The van der Waals surface area contributed by atoms with Crippen LogP contribution in [0.3, 0.4) is 0 Å². The van der Waals surface area contributed by atoms with Crippen molar-refractivity contribution < 1.29 is 0 Å². The molecular formula is C9H9N3S. The van der Waals surface area contributed by atoms with E-state index in [-0.39, 0.29) is 0 Å². The monoisotopic (exact) mass is 191 g/mol. The molecule has 0 aliphatic heterocycles. The quantitative estimate of drug-likeness (QED) is 0.701. The fourth-order valence-corrected chi connectivity index (χ4v) is 1.42. The third-order valence-electron chi connectivity index (χ3n) is 1.81. The maximum Gasteiger partial charge on any atom is 0.220 e. The zero-order valence-corrected chi connectivity index (χ0v) is 8.01. The van der Waals surface area contributed by atoms with Crippen LogP contribution in [0.25, 0.3) is 5.69 Å². The lowest BCUT2D eigenvalue weighted by Gasteiger charge is -2.01. The third-order valence-corrected chi connectivity index (χ3v) is 2.10. The Morgan fingerprint density at radius 3 is 2.92 bits per heavy atom. The fourth-order valence-electron chi connectivity index (χ4n) is 1.21. The minimum absolute atomic E-state index is 0.547. The summed E-state index contributed by atoms with van der Waals surface area (Å²) in [5.74, 6) is 0. The molecule has 13 heavy (non-hydrogen) atoms. The molecule has 0 saturated heterocycles. The van der Waals surface area contributed by atoms with Crippen LogP contribution in [0.1, 0.15) is 5.56 Å². The molecule has 4 heteroatoms. The Balaban J connectivity index is 2.59. The van der Waals surface area contributed by atoms with E-state index in [4.69, 9.17) is 12.2 Å². The lowest BCUT2D eigenvalue weighted by atomic mass is 10.2. The average Bonchev–Trinajstić information content (AvgIpc) is 2.51. The van der Waals surface area contributed by atoms with Gasteiger partial charge in [-0.1, -0.05) is 12.1 Å². The highest BCUT2D eigenvalue weighted by Crippen LogP contribution is 2.08. The lowest BCUT2D eigenvalue weighted by molar-refractivity contribution is 0.865. The summed E-state index contributed by atoms with van der Waals surface area (Å²) in [6.45, 7) is 2.05. The number of H-pyrrole nitrogens is 1. The maximum atomic E-state index is 5.03. The van der Waals surface area contributed by atoms with Crippen LogP contribution in [0.5, 0.6) is 0 Å². The Kier molecular flexibility index (Phi) is 1.98. The van der Waals surface area contributed by atoms with Crippen molar-refractivity contribution in [1.29, 1.82) is 0 Å². The summed E-state index contributed by atoms with van der Waals surface area (Å²) in [5.41, 5.74) is 2.22. The van der Waals surface area contributed by atoms with Crippen LogP contribution in [0, 0.1) is 11.7 Å². The van der Waals surface area contributed by atoms with Crippen molar-refractivity contribution in [2.75, 3.05) is 0 Å². The van der Waals surface area contributed by atoms with Gasteiger partial charge in [0.2, 0.25) is 4.77 Å². The number of aromatic nitrogens is 3. The van der Waals surface area contributed by atoms with E-state index in [0.717, 1.165) is 5.69 Å². The Morgan fingerprint density at radius 1 is 1.46 bits per heavy atom. The Hall–Kier alpha value is -1.42. The van der Waals surface area contributed by atoms with Crippen molar-refractivity contribution in [2.24, 2.45) is 0 Å². The molecule has 0 spiro atoms. The van der Waals surface area contributed by atoms with Gasteiger partial charge in [-0.3, -0.25) is 5.10 Å². The number of hydrogen-bond acceptors (Lipinski definition) is 2. The summed E-state index contributed by atoms with van der Waals surface area (Å²) in [5, 5.41) is 2.95. The standard InChI is InChI=1S/C9H9N3S/c1-7-3-2-4-8(5-7)12-9(13)10-6-11-12/h2-6H,1H3,(H,10,11,13). The third kappa shape index (κ3) is 1.53. The van der Waals surface area contributed by atoms with Gasteiger partial charge in [0, 0.05) is 0 Å². The Labute approximate surface area is 81.0 Å². The summed E-state index contributed by atoms with van der Waals surface area (Å²) in [4.78, 5) is 3.94. The average molecular weight is 191 g/mol. The van der Waals surface area contributed by atoms with Gasteiger partial charge in [0.05, 0.1) is 5.69 Å². The van der Waals surface area contributed by atoms with Crippen LogP contribution >= 0.6 is 12.2 Å². The summed E-state index contributed by atoms with van der Waals surface area (Å²) in [6, 6.07) is 8.08. The van der Waals surface area contributed by atoms with Crippen molar-refractivity contribution >= 4 is 12.2 Å². The van der Waals surface area contributed by atoms with Crippen molar-refractivity contribution in [3.63, 3.8) is 0 Å². The van der Waals surface area contributed by atoms with Crippen LogP contribution in [-0.2, 0) is 0 Å². The maximum absolute atomic E-state index is 5.03. The molecule has 0 radical (unpaired) electrons. The van der Waals surface area contributed by atoms with Gasteiger partial charge in [0.1, 0.15) is 6.33 Å². The Morgan fingerprint density at radius 2 is 2.31 bits per heavy atom. The van der Waals surface area contributed by atoms with Crippen molar-refractivity contribution in [2.45, 2.75) is 6.92 Å². The van der Waals surface area contributed by atoms with Crippen LogP contribution < -0.4 is 0 Å². The zero-order valence-electron chi connectivity index (χ0n) is 7.19. The highest BCUT2D eigenvalue weighted by molar-refractivity contribution is 7.71. The van der Waals surface area contributed by atoms with Crippen molar-refractivity contribution in [3.05, 3.63) is 40.9 Å². The molecule has 2 aromatic rings. The molecule has 0 atom stereocenters. The van der Waals surface area contributed by atoms with E-state index >= 15 is 0 Å². The summed E-state index contributed by atoms with van der Waals surface area (Å²) < 4.78 is 2.31. The van der Waals surface area contributed by atoms with E-state index in [0.29, 0.717) is 4.77 Å². The number of aromatic amines is 1. The van der Waals surface area contributed by atoms with Gasteiger partial charge in [-0.15, -0.1) is 0 Å². The van der Waals surface area contributed by atoms with Gasteiger partial charge in [-0.25, -0.2) is 9.67 Å². The highest BCUT2D eigenvalue weighted by Gasteiger charge is 1.97. The molecule has 1 heterocycles. The van der Waals surface area contributed by atoms with E-state index < -0.39 is 0 Å². The summed E-state index contributed by atoms with van der Waals surface area (Å²) in [6.07, 6.45) is 1.59. The molecule has 0 saturated carbocycles. The van der Waals surface area contributed by atoms with Gasteiger partial charge in [-0.05, 0) is 36.8 Å². The van der Waals surface area contributed by atoms with E-state index in [2.05, 4.69) is 10.1 Å². The second-order valence-corrected chi connectivity index (χ2v) is 3.21. The number of nitrogens with zero attached hydrogens (tertiary/aromatic N) is 2. The molecule has 0 aliphatic carbocycles. The first-order valence-corrected chi connectivity index (χ1v) is 4.38. The molecule has 1 N–H and O–H groups in total. The van der Waals surface area contributed by atoms with Crippen LogP contribution in [0.2, 0.25) is 0 Å². The van der Waals surface area contributed by atoms with Gasteiger partial charge in [-0.2, -0.15) is 0 Å². The number of rotatable bonds is 1. The number of aryl methyl sites for hydroxylation is 1. The largest absolute Gasteiger partial charge is 0.281 e. The number of nitrogens with one attached hydrogen (secondary N) is 1. The van der Waals surface area contributed by atoms with Gasteiger partial charge in [0.25, 0.3) is 0 Å². The Bertz CT molecular complexity index is 469. The fraction of sp³-hybridized carbons (Fsp3) is 0.111. The molecule has 66 valence electrons. The smallest absolute Gasteiger partial charge is 0.220 e. The van der Waals surface area contributed by atoms with Crippen LogP contribution in [0.15, 0.2) is 30.6 Å². The molecular weight excluding hydrogens is 182 g/mol. The topological polar surface area (TPSA) is 33.6 Å². The number of hydrogen-bond donors (Lipinski definition) is 1. The normalized spacial score (nSPS) is 10.2. The first-order chi connectivity index (χ1) is 6.27. The summed E-state index contributed by atoms with van der Waals surface area (Å²) in [7, 11) is 0. The summed E-state index contributed by atoms with van der Waals surface area (Å²) >= 11 is 5.03. The second-order valence-electron chi connectivity index (χ2n) is 2.84. The molecule has 2 rings (SSSR count). The molecule has 0 unspecified atom stereocenters. The van der Waals surface area contributed by atoms with E-state index in [1.165, 1.54) is 5.56 Å². The first-order valence-electron chi connectivity index (χ1n) is 3.97. The van der Waals surface area contributed by atoms with E-state index in [9.17, 15) is 0 Å². The lowest BCUT2D eigenvalue weighted by Crippen LogP contribution is -1.95. The second kappa shape index (κ2) is 3.14. The number of benzene rings is 1. The molecule has 1 aromatic heterocycles. The van der Waals surface area contributed by atoms with Crippen molar-refractivity contribution in [3.8, 4) is 5.69 Å². The predicted molar refractivity (Wildman–Crippen MR) is 53.5 cm³/mol.